The Kier molecular flexibility index (Phi) is 3.41. The van der Waals surface area contributed by atoms with Crippen LogP contribution >= 0.6 is 0 Å². The Morgan fingerprint density at radius 2 is 1.74 bits per heavy atom. The number of alkyl halides is 3. The second-order valence-electron chi connectivity index (χ2n) is 4.34. The number of aromatic nitrogens is 1. The van der Waals surface area contributed by atoms with Crippen LogP contribution in [-0.2, 0) is 12.0 Å². The van der Waals surface area contributed by atoms with E-state index in [-0.39, 0.29) is 11.3 Å². The van der Waals surface area contributed by atoms with Crippen LogP contribution in [0.15, 0.2) is 42.6 Å². The highest BCUT2D eigenvalue weighted by Crippen LogP contribution is 2.43. The highest BCUT2D eigenvalue weighted by Gasteiger charge is 2.57. The van der Waals surface area contributed by atoms with Crippen molar-refractivity contribution in [1.82, 2.24) is 4.98 Å². The molecular weight excluding hydrogens is 255 g/mol. The van der Waals surface area contributed by atoms with E-state index in [0.29, 0.717) is 0 Å². The monoisotopic (exact) mass is 269 g/mol. The van der Waals surface area contributed by atoms with Crippen LogP contribution < -0.4 is 0 Å². The highest BCUT2D eigenvalue weighted by atomic mass is 19.4. The second-order valence-corrected chi connectivity index (χ2v) is 4.34. The third-order valence-electron chi connectivity index (χ3n) is 3.18. The van der Waals surface area contributed by atoms with Crippen LogP contribution in [0.4, 0.5) is 13.2 Å². The van der Waals surface area contributed by atoms with Crippen molar-refractivity contribution >= 4 is 0 Å². The number of hydrogen-bond acceptors (Lipinski definition) is 1. The molecular formula is C14H14F3NO. The molecule has 0 fully saturated rings. The number of benzene rings is 1. The third-order valence-corrected chi connectivity index (χ3v) is 3.18. The van der Waals surface area contributed by atoms with Gasteiger partial charge in [0.25, 0.3) is 0 Å². The Bertz CT molecular complexity index is 531. The maximum absolute atomic E-state index is 13.3. The summed E-state index contributed by atoms with van der Waals surface area (Å²) in [6, 6.07) is 8.46. The highest BCUT2D eigenvalue weighted by molar-refractivity contribution is 5.36. The predicted molar refractivity (Wildman–Crippen MR) is 65.7 cm³/mol. The van der Waals surface area contributed by atoms with Gasteiger partial charge in [-0.15, -0.1) is 0 Å². The molecule has 1 aromatic heterocycles. The molecule has 2 N–H and O–H groups in total. The lowest BCUT2D eigenvalue weighted by Crippen LogP contribution is -2.43. The van der Waals surface area contributed by atoms with Crippen LogP contribution in [0, 0.1) is 0 Å². The fourth-order valence-corrected chi connectivity index (χ4v) is 2.01. The van der Waals surface area contributed by atoms with Crippen molar-refractivity contribution in [2.75, 3.05) is 0 Å². The molecule has 0 bridgehead atoms. The van der Waals surface area contributed by atoms with Crippen LogP contribution in [0.2, 0.25) is 0 Å². The molecule has 1 heterocycles. The van der Waals surface area contributed by atoms with E-state index in [0.717, 1.165) is 12.0 Å². The molecule has 1 atom stereocenters. The number of H-pyrrole nitrogens is 1. The van der Waals surface area contributed by atoms with E-state index in [1.807, 2.05) is 6.92 Å². The van der Waals surface area contributed by atoms with Crippen molar-refractivity contribution in [2.45, 2.75) is 25.1 Å². The summed E-state index contributed by atoms with van der Waals surface area (Å²) < 4.78 is 39.8. The molecule has 0 aliphatic rings. The van der Waals surface area contributed by atoms with Crippen LogP contribution in [0.3, 0.4) is 0 Å². The zero-order chi connectivity index (χ0) is 14.1. The molecule has 2 rings (SSSR count). The first-order valence-electron chi connectivity index (χ1n) is 5.92. The van der Waals surface area contributed by atoms with Gasteiger partial charge >= 0.3 is 6.18 Å². The third kappa shape index (κ3) is 2.26. The fraction of sp³-hybridized carbons (Fsp3) is 0.286. The lowest BCUT2D eigenvalue weighted by Gasteiger charge is -2.30. The quantitative estimate of drug-likeness (QED) is 0.880. The van der Waals surface area contributed by atoms with E-state index in [9.17, 15) is 18.3 Å². The SMILES string of the molecule is CCc1ccc([C@@](O)(c2ccc[nH]2)C(F)(F)F)cc1. The molecule has 0 saturated heterocycles. The summed E-state index contributed by atoms with van der Waals surface area (Å²) in [6.07, 6.45) is -2.72. The number of nitrogens with one attached hydrogen (secondary N) is 1. The molecule has 0 radical (unpaired) electrons. The largest absolute Gasteiger partial charge is 0.427 e. The zero-order valence-corrected chi connectivity index (χ0v) is 10.3. The average molecular weight is 269 g/mol. The molecule has 5 heteroatoms. The van der Waals surface area contributed by atoms with Crippen molar-refractivity contribution in [3.8, 4) is 0 Å². The summed E-state index contributed by atoms with van der Waals surface area (Å²) in [6.45, 7) is 1.91. The molecule has 0 saturated carbocycles. The van der Waals surface area contributed by atoms with E-state index in [1.165, 1.54) is 30.5 Å². The molecule has 19 heavy (non-hydrogen) atoms. The molecule has 0 amide bonds. The minimum Gasteiger partial charge on any atom is -0.371 e. The number of rotatable bonds is 3. The summed E-state index contributed by atoms with van der Waals surface area (Å²) in [4.78, 5) is 2.44. The number of halogens is 3. The minimum absolute atomic E-state index is 0.195. The Balaban J connectivity index is 2.55. The Hall–Kier alpha value is -1.75. The Morgan fingerprint density at radius 1 is 1.11 bits per heavy atom. The maximum Gasteiger partial charge on any atom is 0.427 e. The first-order chi connectivity index (χ1) is 8.89. The lowest BCUT2D eigenvalue weighted by atomic mass is 9.89. The van der Waals surface area contributed by atoms with E-state index in [2.05, 4.69) is 4.98 Å². The van der Waals surface area contributed by atoms with Crippen LogP contribution in [0.25, 0.3) is 0 Å². The van der Waals surface area contributed by atoms with Crippen LogP contribution in [0.1, 0.15) is 23.7 Å². The molecule has 102 valence electrons. The van der Waals surface area contributed by atoms with Crippen molar-refractivity contribution in [2.24, 2.45) is 0 Å². The summed E-state index contributed by atoms with van der Waals surface area (Å²) >= 11 is 0. The normalized spacial score (nSPS) is 15.2. The van der Waals surface area contributed by atoms with Gasteiger partial charge in [0.1, 0.15) is 0 Å². The summed E-state index contributed by atoms with van der Waals surface area (Å²) in [5.74, 6) is 0. The summed E-state index contributed by atoms with van der Waals surface area (Å²) in [7, 11) is 0. The smallest absolute Gasteiger partial charge is 0.371 e. The topological polar surface area (TPSA) is 36.0 Å². The van der Waals surface area contributed by atoms with Crippen molar-refractivity contribution in [1.29, 1.82) is 0 Å². The van der Waals surface area contributed by atoms with Crippen molar-refractivity contribution in [3.63, 3.8) is 0 Å². The molecule has 1 aromatic carbocycles. The summed E-state index contributed by atoms with van der Waals surface area (Å²) in [5.41, 5.74) is -2.58. The van der Waals surface area contributed by atoms with Crippen molar-refractivity contribution < 1.29 is 18.3 Å². The fourth-order valence-electron chi connectivity index (χ4n) is 2.01. The van der Waals surface area contributed by atoms with Crippen molar-refractivity contribution in [3.05, 3.63) is 59.4 Å². The Labute approximate surface area is 108 Å². The molecule has 0 aliphatic carbocycles. The van der Waals surface area contributed by atoms with Crippen LogP contribution in [-0.4, -0.2) is 16.3 Å². The van der Waals surface area contributed by atoms with E-state index in [4.69, 9.17) is 0 Å². The van der Waals surface area contributed by atoms with Gasteiger partial charge < -0.3 is 10.1 Å². The average Bonchev–Trinajstić information content (AvgIpc) is 2.90. The van der Waals surface area contributed by atoms with Gasteiger partial charge in [0.05, 0.1) is 5.69 Å². The molecule has 0 unspecified atom stereocenters. The van der Waals surface area contributed by atoms with Gasteiger partial charge in [-0.25, -0.2) is 0 Å². The zero-order valence-electron chi connectivity index (χ0n) is 10.3. The lowest BCUT2D eigenvalue weighted by molar-refractivity contribution is -0.249. The van der Waals surface area contributed by atoms with Gasteiger partial charge in [0, 0.05) is 6.20 Å². The first kappa shape index (κ1) is 13.7. The van der Waals surface area contributed by atoms with E-state index >= 15 is 0 Å². The number of aliphatic hydroxyl groups is 1. The molecule has 0 spiro atoms. The van der Waals surface area contributed by atoms with Gasteiger partial charge in [-0.05, 0) is 29.7 Å². The van der Waals surface area contributed by atoms with Gasteiger partial charge in [0.2, 0.25) is 5.60 Å². The van der Waals surface area contributed by atoms with E-state index < -0.39 is 11.8 Å². The standard InChI is InChI=1S/C14H14F3NO/c1-2-10-5-7-11(8-6-10)13(19,14(15,16)17)12-4-3-9-18-12/h3-9,18-19H,2H2,1H3/t13-/m1/s1. The van der Waals surface area contributed by atoms with E-state index in [1.54, 1.807) is 12.1 Å². The van der Waals surface area contributed by atoms with Gasteiger partial charge in [0.15, 0.2) is 0 Å². The minimum atomic E-state index is -4.80. The summed E-state index contributed by atoms with van der Waals surface area (Å²) in [5, 5.41) is 10.2. The van der Waals surface area contributed by atoms with Gasteiger partial charge in [-0.3, -0.25) is 0 Å². The van der Waals surface area contributed by atoms with Crippen LogP contribution in [0.5, 0.6) is 0 Å². The maximum atomic E-state index is 13.3. The predicted octanol–water partition coefficient (Wildman–Crippen LogP) is 3.38. The van der Waals surface area contributed by atoms with Gasteiger partial charge in [-0.2, -0.15) is 13.2 Å². The Morgan fingerprint density at radius 3 is 2.16 bits per heavy atom. The molecule has 2 nitrogen and oxygen atoms in total. The molecule has 0 aliphatic heterocycles. The number of aryl methyl sites for hydroxylation is 1. The second kappa shape index (κ2) is 4.74. The van der Waals surface area contributed by atoms with Gasteiger partial charge in [-0.1, -0.05) is 31.2 Å². The molecule has 2 aromatic rings. The number of aromatic amines is 1. The first-order valence-corrected chi connectivity index (χ1v) is 5.92. The number of hydrogen-bond donors (Lipinski definition) is 2.